The van der Waals surface area contributed by atoms with Gasteiger partial charge < -0.3 is 9.84 Å². The molecule has 0 saturated heterocycles. The van der Waals surface area contributed by atoms with Crippen molar-refractivity contribution in [1.29, 1.82) is 0 Å². The average molecular weight is 513 g/mol. The number of carbonyl (C=O) groups is 1. The zero-order valence-corrected chi connectivity index (χ0v) is 17.8. The highest BCUT2D eigenvalue weighted by atomic mass is 127. The number of carboxylic acid groups (broad SMARTS) is 1. The second-order valence-electron chi connectivity index (χ2n) is 6.95. The molecule has 148 valence electrons. The molecule has 0 bridgehead atoms. The fourth-order valence-electron chi connectivity index (χ4n) is 3.52. The number of alkyl halides is 3. The smallest absolute Gasteiger partial charge is 0.391 e. The highest BCUT2D eigenvalue weighted by molar-refractivity contribution is 14.1. The zero-order chi connectivity index (χ0) is 19.9. The topological polar surface area (TPSA) is 59.4 Å². The molecule has 1 saturated carbocycles. The van der Waals surface area contributed by atoms with Crippen molar-refractivity contribution in [2.45, 2.75) is 45.7 Å². The zero-order valence-electron chi connectivity index (χ0n) is 14.8. The molecule has 1 fully saturated rings. The number of aryl methyl sites for hydroxylation is 2. The molecule has 3 rings (SSSR count). The van der Waals surface area contributed by atoms with Crippen molar-refractivity contribution in [1.82, 2.24) is 4.98 Å². The molecule has 1 aliphatic carbocycles. The molecule has 4 nitrogen and oxygen atoms in total. The summed E-state index contributed by atoms with van der Waals surface area (Å²) in [6.45, 7) is 3.89. The van der Waals surface area contributed by atoms with Gasteiger partial charge in [0.2, 0.25) is 0 Å². The van der Waals surface area contributed by atoms with Gasteiger partial charge in [-0.25, -0.2) is 9.78 Å². The highest BCUT2D eigenvalue weighted by Crippen LogP contribution is 2.42. The number of ether oxygens (including phenoxy) is 1. The number of halogens is 4. The second kappa shape index (κ2) is 7.73. The van der Waals surface area contributed by atoms with Crippen molar-refractivity contribution < 1.29 is 27.8 Å². The first-order valence-electron chi connectivity index (χ1n) is 8.61. The summed E-state index contributed by atoms with van der Waals surface area (Å²) < 4.78 is 45.3. The second-order valence-corrected chi connectivity index (χ2v) is 9.03. The van der Waals surface area contributed by atoms with Crippen molar-refractivity contribution in [3.05, 3.63) is 19.7 Å². The summed E-state index contributed by atoms with van der Waals surface area (Å²) in [5.41, 5.74) is 1.36. The maximum absolute atomic E-state index is 12.8. The van der Waals surface area contributed by atoms with Crippen LogP contribution in [0.3, 0.4) is 0 Å². The van der Waals surface area contributed by atoms with Crippen LogP contribution in [0.1, 0.15) is 46.6 Å². The van der Waals surface area contributed by atoms with Gasteiger partial charge in [-0.2, -0.15) is 13.2 Å². The van der Waals surface area contributed by atoms with E-state index in [0.29, 0.717) is 41.0 Å². The predicted octanol–water partition coefficient (Wildman–Crippen LogP) is 5.96. The van der Waals surface area contributed by atoms with Gasteiger partial charge in [0, 0.05) is 0 Å². The third-order valence-corrected chi connectivity index (χ3v) is 7.55. The number of hydrogen-bond acceptors (Lipinski definition) is 4. The van der Waals surface area contributed by atoms with Crippen LogP contribution in [0, 0.1) is 29.3 Å². The average Bonchev–Trinajstić information content (AvgIpc) is 2.91. The summed E-state index contributed by atoms with van der Waals surface area (Å²) in [6, 6.07) is 0. The molecular formula is C18H19F3INO3S. The van der Waals surface area contributed by atoms with Gasteiger partial charge >= 0.3 is 12.1 Å². The molecule has 2 heterocycles. The van der Waals surface area contributed by atoms with Gasteiger partial charge in [-0.15, -0.1) is 11.3 Å². The fourth-order valence-corrected chi connectivity index (χ4v) is 5.13. The van der Waals surface area contributed by atoms with E-state index in [1.165, 1.54) is 0 Å². The van der Waals surface area contributed by atoms with E-state index >= 15 is 0 Å². The Kier molecular flexibility index (Phi) is 5.90. The molecule has 9 heteroatoms. The van der Waals surface area contributed by atoms with E-state index in [-0.39, 0.29) is 23.6 Å². The van der Waals surface area contributed by atoms with Gasteiger partial charge in [-0.3, -0.25) is 0 Å². The molecule has 0 spiro atoms. The summed E-state index contributed by atoms with van der Waals surface area (Å²) in [6.07, 6.45) is -2.87. The van der Waals surface area contributed by atoms with Crippen LogP contribution < -0.4 is 4.74 Å². The quantitative estimate of drug-likeness (QED) is 0.513. The van der Waals surface area contributed by atoms with Crippen molar-refractivity contribution in [2.24, 2.45) is 11.8 Å². The minimum atomic E-state index is -4.11. The lowest BCUT2D eigenvalue weighted by Gasteiger charge is -2.29. The van der Waals surface area contributed by atoms with Crippen LogP contribution in [0.2, 0.25) is 0 Å². The van der Waals surface area contributed by atoms with E-state index in [1.54, 1.807) is 6.92 Å². The Bertz CT molecular complexity index is 873. The normalized spacial score (nSPS) is 20.8. The van der Waals surface area contributed by atoms with E-state index in [9.17, 15) is 23.1 Å². The number of pyridine rings is 1. The first-order chi connectivity index (χ1) is 12.6. The van der Waals surface area contributed by atoms with Crippen LogP contribution in [-0.2, 0) is 0 Å². The largest absolute Gasteiger partial charge is 0.491 e. The fraction of sp³-hybridized carbons (Fsp3) is 0.556. The van der Waals surface area contributed by atoms with Gasteiger partial charge in [0.1, 0.15) is 15.5 Å². The van der Waals surface area contributed by atoms with E-state index in [4.69, 9.17) is 4.74 Å². The number of aromatic carboxylic acids is 1. The maximum Gasteiger partial charge on any atom is 0.391 e. The molecule has 1 aliphatic rings. The molecule has 0 atom stereocenters. The number of carboxylic acids is 1. The molecule has 0 unspecified atom stereocenters. The highest BCUT2D eigenvalue weighted by Gasteiger charge is 2.41. The Balaban J connectivity index is 1.81. The lowest BCUT2D eigenvalue weighted by molar-refractivity contribution is -0.184. The maximum atomic E-state index is 12.8. The summed E-state index contributed by atoms with van der Waals surface area (Å²) >= 11 is 3.24. The molecule has 2 aromatic heterocycles. The van der Waals surface area contributed by atoms with Crippen LogP contribution in [0.25, 0.3) is 10.2 Å². The van der Waals surface area contributed by atoms with Gasteiger partial charge in [0.15, 0.2) is 0 Å². The Morgan fingerprint density at radius 2 is 1.93 bits per heavy atom. The number of rotatable bonds is 4. The third kappa shape index (κ3) is 4.18. The molecule has 0 radical (unpaired) electrons. The number of thiophene rings is 1. The Hall–Kier alpha value is -1.10. The Morgan fingerprint density at radius 3 is 2.48 bits per heavy atom. The van der Waals surface area contributed by atoms with Crippen molar-refractivity contribution in [3.8, 4) is 5.75 Å². The lowest BCUT2D eigenvalue weighted by atomic mass is 9.82. The first-order valence-corrected chi connectivity index (χ1v) is 10.5. The summed E-state index contributed by atoms with van der Waals surface area (Å²) in [5, 5.41) is 10.1. The molecule has 0 amide bonds. The lowest BCUT2D eigenvalue weighted by Crippen LogP contribution is -2.29. The molecule has 27 heavy (non-hydrogen) atoms. The Labute approximate surface area is 172 Å². The third-order valence-electron chi connectivity index (χ3n) is 5.11. The van der Waals surface area contributed by atoms with Crippen molar-refractivity contribution >= 4 is 50.1 Å². The van der Waals surface area contributed by atoms with Gasteiger partial charge in [-0.1, -0.05) is 0 Å². The summed E-state index contributed by atoms with van der Waals surface area (Å²) in [7, 11) is 0. The molecule has 0 aliphatic heterocycles. The number of aromatic nitrogens is 1. The molecule has 2 aromatic rings. The van der Waals surface area contributed by atoms with Crippen LogP contribution >= 0.6 is 33.9 Å². The number of nitrogens with zero attached hydrogens (tertiary/aromatic N) is 1. The van der Waals surface area contributed by atoms with Crippen LogP contribution in [-0.4, -0.2) is 28.8 Å². The van der Waals surface area contributed by atoms with E-state index in [0.717, 1.165) is 20.6 Å². The predicted molar refractivity (Wildman–Crippen MR) is 106 cm³/mol. The Morgan fingerprint density at radius 1 is 1.30 bits per heavy atom. The number of fused-ring (bicyclic) bond motifs is 1. The van der Waals surface area contributed by atoms with E-state index in [1.807, 2.05) is 6.92 Å². The molecule has 1 N–H and O–H groups in total. The number of hydrogen-bond donors (Lipinski definition) is 1. The van der Waals surface area contributed by atoms with Crippen LogP contribution in [0.5, 0.6) is 5.75 Å². The van der Waals surface area contributed by atoms with Gasteiger partial charge in [0.05, 0.1) is 27.2 Å². The van der Waals surface area contributed by atoms with Crippen LogP contribution in [0.15, 0.2) is 0 Å². The minimum Gasteiger partial charge on any atom is -0.491 e. The standard InChI is InChI=1S/C18H19F3INO3S/c1-8-12-14(13(22)9(2)23-16(12)27-15(8)17(24)25)26-7-10-3-5-11(6-4-10)18(19,20)21/h10-11H,3-7H2,1-2H3,(H,24,25). The first kappa shape index (κ1) is 20.6. The van der Waals surface area contributed by atoms with E-state index < -0.39 is 18.1 Å². The molecular weight excluding hydrogens is 494 g/mol. The van der Waals surface area contributed by atoms with Gasteiger partial charge in [-0.05, 0) is 73.6 Å². The SMILES string of the molecule is Cc1nc2sc(C(=O)O)c(C)c2c(OCC2CCC(C(F)(F)F)CC2)c1I. The van der Waals surface area contributed by atoms with Crippen molar-refractivity contribution in [3.63, 3.8) is 0 Å². The van der Waals surface area contributed by atoms with Gasteiger partial charge in [0.25, 0.3) is 0 Å². The van der Waals surface area contributed by atoms with Crippen LogP contribution in [0.4, 0.5) is 13.2 Å². The minimum absolute atomic E-state index is 0.0702. The van der Waals surface area contributed by atoms with E-state index in [2.05, 4.69) is 27.6 Å². The summed E-state index contributed by atoms with van der Waals surface area (Å²) in [4.78, 5) is 16.8. The molecule has 0 aromatic carbocycles. The summed E-state index contributed by atoms with van der Waals surface area (Å²) in [5.74, 6) is -1.54. The van der Waals surface area contributed by atoms with Crippen molar-refractivity contribution in [2.75, 3.05) is 6.61 Å². The monoisotopic (exact) mass is 513 g/mol.